The molecule has 0 fully saturated rings. The van der Waals surface area contributed by atoms with E-state index >= 15 is 0 Å². The van der Waals surface area contributed by atoms with Gasteiger partial charge < -0.3 is 4.42 Å². The standard InChI is InChI=1S/C22H17ClN2O4S/c23-17-10-11-18(19(24-26)12-15-6-2-1-3-7-15)20(14-17)25-30(27,28)22-13-16-8-4-5-9-21(16)29-22/h1-11,13-14,19,25H,12H2. The van der Waals surface area contributed by atoms with E-state index in [1.54, 1.807) is 36.4 Å². The van der Waals surface area contributed by atoms with Gasteiger partial charge in [-0.2, -0.15) is 13.3 Å². The van der Waals surface area contributed by atoms with Gasteiger partial charge in [-0.1, -0.05) is 71.4 Å². The van der Waals surface area contributed by atoms with Gasteiger partial charge in [0.1, 0.15) is 11.6 Å². The third-order valence-corrected chi connectivity index (χ3v) is 6.14. The number of benzene rings is 3. The van der Waals surface area contributed by atoms with E-state index in [-0.39, 0.29) is 10.8 Å². The maximum absolute atomic E-state index is 12.9. The lowest BCUT2D eigenvalue weighted by molar-refractivity contribution is 0.484. The molecule has 0 aliphatic heterocycles. The van der Waals surface area contributed by atoms with Gasteiger partial charge in [-0.05, 0) is 23.8 Å². The van der Waals surface area contributed by atoms with E-state index in [2.05, 4.69) is 9.90 Å². The summed E-state index contributed by atoms with van der Waals surface area (Å²) in [5.74, 6) is 0. The normalized spacial score (nSPS) is 12.6. The Balaban J connectivity index is 1.69. The van der Waals surface area contributed by atoms with Gasteiger partial charge in [-0.25, -0.2) is 0 Å². The number of furan rings is 1. The van der Waals surface area contributed by atoms with Gasteiger partial charge in [-0.3, -0.25) is 4.72 Å². The lowest BCUT2D eigenvalue weighted by Crippen LogP contribution is -2.15. The molecule has 0 amide bonds. The fourth-order valence-corrected chi connectivity index (χ4v) is 4.45. The number of hydrogen-bond acceptors (Lipinski definition) is 5. The second-order valence-electron chi connectivity index (χ2n) is 6.75. The van der Waals surface area contributed by atoms with Crippen LogP contribution in [0.2, 0.25) is 5.02 Å². The molecule has 1 heterocycles. The number of halogens is 1. The van der Waals surface area contributed by atoms with Crippen LogP contribution in [-0.4, -0.2) is 8.42 Å². The first-order valence-corrected chi connectivity index (χ1v) is 11.0. The van der Waals surface area contributed by atoms with Gasteiger partial charge in [0, 0.05) is 28.5 Å². The van der Waals surface area contributed by atoms with Gasteiger partial charge in [0.15, 0.2) is 0 Å². The highest BCUT2D eigenvalue weighted by molar-refractivity contribution is 7.92. The first-order valence-electron chi connectivity index (χ1n) is 9.13. The van der Waals surface area contributed by atoms with Crippen LogP contribution in [0, 0.1) is 4.91 Å². The Bertz CT molecular complexity index is 1270. The number of hydrogen-bond donors (Lipinski definition) is 1. The summed E-state index contributed by atoms with van der Waals surface area (Å²) in [5, 5.41) is 3.99. The Morgan fingerprint density at radius 1 is 0.967 bits per heavy atom. The minimum atomic E-state index is -4.05. The molecular formula is C22H17ClN2O4S. The van der Waals surface area contributed by atoms with Gasteiger partial charge in [0.2, 0.25) is 5.09 Å². The number of para-hydroxylation sites is 1. The third-order valence-electron chi connectivity index (χ3n) is 4.69. The zero-order valence-electron chi connectivity index (χ0n) is 15.7. The maximum Gasteiger partial charge on any atom is 0.295 e. The van der Waals surface area contributed by atoms with Crippen molar-refractivity contribution in [2.24, 2.45) is 5.18 Å². The summed E-state index contributed by atoms with van der Waals surface area (Å²) in [6.45, 7) is 0. The largest absolute Gasteiger partial charge is 0.443 e. The van der Waals surface area contributed by atoms with Crippen molar-refractivity contribution in [1.29, 1.82) is 0 Å². The third kappa shape index (κ3) is 4.22. The van der Waals surface area contributed by atoms with Crippen LogP contribution >= 0.6 is 11.6 Å². The van der Waals surface area contributed by atoms with Crippen LogP contribution in [0.5, 0.6) is 0 Å². The van der Waals surface area contributed by atoms with E-state index in [1.807, 2.05) is 30.3 Å². The van der Waals surface area contributed by atoms with E-state index in [0.717, 1.165) is 5.56 Å². The van der Waals surface area contributed by atoms with Crippen molar-refractivity contribution >= 4 is 38.3 Å². The molecule has 0 spiro atoms. The van der Waals surface area contributed by atoms with Gasteiger partial charge in [0.05, 0.1) is 5.69 Å². The SMILES string of the molecule is O=NC(Cc1ccccc1)c1ccc(Cl)cc1NS(=O)(=O)c1cc2ccccc2o1. The average Bonchev–Trinajstić information content (AvgIpc) is 3.18. The molecule has 1 unspecified atom stereocenters. The fraction of sp³-hybridized carbons (Fsp3) is 0.0909. The Morgan fingerprint density at radius 3 is 2.43 bits per heavy atom. The molecule has 4 rings (SSSR count). The van der Waals surface area contributed by atoms with Crippen LogP contribution in [0.25, 0.3) is 11.0 Å². The molecule has 0 aliphatic carbocycles. The van der Waals surface area contributed by atoms with Gasteiger partial charge >= 0.3 is 0 Å². The van der Waals surface area contributed by atoms with Crippen LogP contribution in [0.4, 0.5) is 5.69 Å². The van der Waals surface area contributed by atoms with Crippen molar-refractivity contribution < 1.29 is 12.8 Å². The number of fused-ring (bicyclic) bond motifs is 1. The van der Waals surface area contributed by atoms with Crippen molar-refractivity contribution in [2.75, 3.05) is 4.72 Å². The molecule has 3 aromatic carbocycles. The molecule has 1 aromatic heterocycles. The second-order valence-corrected chi connectivity index (χ2v) is 8.80. The van der Waals surface area contributed by atoms with Crippen molar-refractivity contribution in [3.8, 4) is 0 Å². The molecule has 0 saturated carbocycles. The molecule has 8 heteroatoms. The molecule has 0 aliphatic rings. The first-order chi connectivity index (χ1) is 14.5. The average molecular weight is 441 g/mol. The molecule has 1 atom stereocenters. The summed E-state index contributed by atoms with van der Waals surface area (Å²) in [7, 11) is -4.05. The van der Waals surface area contributed by atoms with Gasteiger partial charge in [0.25, 0.3) is 10.0 Å². The zero-order valence-corrected chi connectivity index (χ0v) is 17.2. The molecule has 4 aromatic rings. The number of anilines is 1. The minimum Gasteiger partial charge on any atom is -0.443 e. The topological polar surface area (TPSA) is 88.7 Å². The molecule has 30 heavy (non-hydrogen) atoms. The predicted molar refractivity (Wildman–Crippen MR) is 117 cm³/mol. The summed E-state index contributed by atoms with van der Waals surface area (Å²) < 4.78 is 33.9. The number of sulfonamides is 1. The summed E-state index contributed by atoms with van der Waals surface area (Å²) in [6.07, 6.45) is 0.325. The molecule has 1 N–H and O–H groups in total. The molecule has 0 bridgehead atoms. The second kappa shape index (κ2) is 8.30. The van der Waals surface area contributed by atoms with Crippen molar-refractivity contribution in [1.82, 2.24) is 0 Å². The quantitative estimate of drug-likeness (QED) is 0.360. The van der Waals surface area contributed by atoms with Crippen molar-refractivity contribution in [3.05, 3.63) is 99.9 Å². The highest BCUT2D eigenvalue weighted by Gasteiger charge is 2.24. The number of nitrogens with one attached hydrogen (secondary N) is 1. The number of rotatable bonds is 7. The van der Waals surface area contributed by atoms with Crippen molar-refractivity contribution in [2.45, 2.75) is 17.6 Å². The maximum atomic E-state index is 12.9. The fourth-order valence-electron chi connectivity index (χ4n) is 3.23. The van der Waals surface area contributed by atoms with E-state index in [9.17, 15) is 13.3 Å². The minimum absolute atomic E-state index is 0.184. The van der Waals surface area contributed by atoms with Crippen LogP contribution in [0.15, 0.2) is 93.5 Å². The van der Waals surface area contributed by atoms with E-state index < -0.39 is 16.1 Å². The molecule has 152 valence electrons. The number of nitrogens with zero attached hydrogens (tertiary/aromatic N) is 1. The summed E-state index contributed by atoms with van der Waals surface area (Å²) in [5.41, 5.74) is 1.98. The Kier molecular flexibility index (Phi) is 5.57. The van der Waals surface area contributed by atoms with E-state index in [4.69, 9.17) is 16.0 Å². The van der Waals surface area contributed by atoms with Crippen LogP contribution in [-0.2, 0) is 16.4 Å². The lowest BCUT2D eigenvalue weighted by Gasteiger charge is -2.16. The lowest BCUT2D eigenvalue weighted by atomic mass is 9.98. The van der Waals surface area contributed by atoms with Crippen LogP contribution in [0.3, 0.4) is 0 Å². The molecular weight excluding hydrogens is 424 g/mol. The zero-order chi connectivity index (χ0) is 21.1. The Labute approximate surface area is 178 Å². The molecule has 6 nitrogen and oxygen atoms in total. The first kappa shape index (κ1) is 20.1. The summed E-state index contributed by atoms with van der Waals surface area (Å²) in [6, 6.07) is 21.7. The van der Waals surface area contributed by atoms with Crippen LogP contribution < -0.4 is 4.72 Å². The van der Waals surface area contributed by atoms with Crippen molar-refractivity contribution in [3.63, 3.8) is 0 Å². The Morgan fingerprint density at radius 2 is 1.70 bits per heavy atom. The van der Waals surface area contributed by atoms with E-state index in [1.165, 1.54) is 12.1 Å². The van der Waals surface area contributed by atoms with E-state index in [0.29, 0.717) is 28.0 Å². The summed E-state index contributed by atoms with van der Waals surface area (Å²) in [4.78, 5) is 11.6. The summed E-state index contributed by atoms with van der Waals surface area (Å²) >= 11 is 6.10. The smallest absolute Gasteiger partial charge is 0.295 e. The Hall–Kier alpha value is -3.16. The predicted octanol–water partition coefficient (Wildman–Crippen LogP) is 5.94. The number of nitroso groups, excluding NO2 is 1. The van der Waals surface area contributed by atoms with Crippen LogP contribution in [0.1, 0.15) is 17.2 Å². The van der Waals surface area contributed by atoms with Gasteiger partial charge in [-0.15, -0.1) is 0 Å². The molecule has 0 radical (unpaired) electrons. The monoisotopic (exact) mass is 440 g/mol. The molecule has 0 saturated heterocycles. The highest BCUT2D eigenvalue weighted by atomic mass is 35.5. The highest BCUT2D eigenvalue weighted by Crippen LogP contribution is 2.33.